The summed E-state index contributed by atoms with van der Waals surface area (Å²) in [5.41, 5.74) is -0.283. The maximum absolute atomic E-state index is 13.1. The standard InChI is InChI=1S/C15H29N3O2/c1-11(2)15(5-6-16-10-15)14(20)18-9-13(19)7-12(18)8-17(3)4/h11-13,16,19H,5-10H2,1-4H3. The molecule has 3 atom stereocenters. The van der Waals surface area contributed by atoms with Crippen LogP contribution in [0.5, 0.6) is 0 Å². The van der Waals surface area contributed by atoms with Gasteiger partial charge in [0.2, 0.25) is 5.91 Å². The number of hydrogen-bond acceptors (Lipinski definition) is 4. The number of nitrogens with zero attached hydrogens (tertiary/aromatic N) is 2. The highest BCUT2D eigenvalue weighted by molar-refractivity contribution is 5.84. The van der Waals surface area contributed by atoms with Crippen molar-refractivity contribution in [3.8, 4) is 0 Å². The summed E-state index contributed by atoms with van der Waals surface area (Å²) < 4.78 is 0. The lowest BCUT2D eigenvalue weighted by atomic mass is 9.75. The topological polar surface area (TPSA) is 55.8 Å². The summed E-state index contributed by atoms with van der Waals surface area (Å²) in [4.78, 5) is 17.1. The van der Waals surface area contributed by atoms with Gasteiger partial charge in [-0.05, 0) is 39.4 Å². The molecule has 2 N–H and O–H groups in total. The average Bonchev–Trinajstić information content (AvgIpc) is 2.95. The number of aliphatic hydroxyl groups is 1. The van der Waals surface area contributed by atoms with Crippen LogP contribution >= 0.6 is 0 Å². The Labute approximate surface area is 122 Å². The van der Waals surface area contributed by atoms with E-state index in [9.17, 15) is 9.90 Å². The maximum Gasteiger partial charge on any atom is 0.230 e. The lowest BCUT2D eigenvalue weighted by Gasteiger charge is -2.38. The summed E-state index contributed by atoms with van der Waals surface area (Å²) in [6.45, 7) is 7.27. The molecule has 3 unspecified atom stereocenters. The van der Waals surface area contributed by atoms with Gasteiger partial charge in [-0.25, -0.2) is 0 Å². The van der Waals surface area contributed by atoms with Gasteiger partial charge in [0.25, 0.3) is 0 Å². The molecular formula is C15H29N3O2. The molecule has 116 valence electrons. The minimum absolute atomic E-state index is 0.142. The van der Waals surface area contributed by atoms with Crippen molar-refractivity contribution < 1.29 is 9.90 Å². The molecule has 0 aliphatic carbocycles. The molecule has 0 bridgehead atoms. The van der Waals surface area contributed by atoms with E-state index in [1.165, 1.54) is 0 Å². The number of carbonyl (C=O) groups is 1. The number of hydrogen-bond donors (Lipinski definition) is 2. The lowest BCUT2D eigenvalue weighted by Crippen LogP contribution is -2.51. The zero-order chi connectivity index (χ0) is 14.9. The number of carbonyl (C=O) groups excluding carboxylic acids is 1. The van der Waals surface area contributed by atoms with Crippen LogP contribution in [0.4, 0.5) is 0 Å². The summed E-state index contributed by atoms with van der Waals surface area (Å²) in [5, 5.41) is 13.3. The Morgan fingerprint density at radius 1 is 1.50 bits per heavy atom. The minimum atomic E-state index is -0.373. The summed E-state index contributed by atoms with van der Waals surface area (Å²) in [6, 6.07) is 0.142. The third kappa shape index (κ3) is 2.85. The van der Waals surface area contributed by atoms with E-state index in [0.717, 1.165) is 26.1 Å². The van der Waals surface area contributed by atoms with Gasteiger partial charge in [-0.15, -0.1) is 0 Å². The van der Waals surface area contributed by atoms with E-state index < -0.39 is 0 Å². The molecule has 0 aromatic rings. The molecule has 5 heteroatoms. The highest BCUT2D eigenvalue weighted by atomic mass is 16.3. The molecular weight excluding hydrogens is 254 g/mol. The number of β-amino-alcohol motifs (C(OH)–C–C–N with tert-alkyl or cyclic N) is 1. The third-order valence-corrected chi connectivity index (χ3v) is 4.95. The normalized spacial score (nSPS) is 34.5. The third-order valence-electron chi connectivity index (χ3n) is 4.95. The van der Waals surface area contributed by atoms with Crippen molar-refractivity contribution in [2.75, 3.05) is 40.3 Å². The van der Waals surface area contributed by atoms with Crippen molar-refractivity contribution in [2.45, 2.75) is 38.8 Å². The zero-order valence-electron chi connectivity index (χ0n) is 13.2. The molecule has 0 aromatic heterocycles. The fraction of sp³-hybridized carbons (Fsp3) is 0.933. The number of amides is 1. The van der Waals surface area contributed by atoms with Crippen LogP contribution in [0.15, 0.2) is 0 Å². The molecule has 2 aliphatic rings. The van der Waals surface area contributed by atoms with Gasteiger partial charge < -0.3 is 20.2 Å². The Balaban J connectivity index is 2.17. The maximum atomic E-state index is 13.1. The van der Waals surface area contributed by atoms with Crippen molar-refractivity contribution in [2.24, 2.45) is 11.3 Å². The predicted molar refractivity (Wildman–Crippen MR) is 79.4 cm³/mol. The second-order valence-electron chi connectivity index (χ2n) is 7.00. The molecule has 2 heterocycles. The van der Waals surface area contributed by atoms with Crippen LogP contribution in [-0.4, -0.2) is 73.2 Å². The number of likely N-dealkylation sites (N-methyl/N-ethyl adjacent to an activating group) is 1. The summed E-state index contributed by atoms with van der Waals surface area (Å²) in [6.07, 6.45) is 1.23. The Bertz CT molecular complexity index is 351. The van der Waals surface area contributed by atoms with Gasteiger partial charge in [0.15, 0.2) is 0 Å². The summed E-state index contributed by atoms with van der Waals surface area (Å²) in [7, 11) is 4.03. The molecule has 0 saturated carbocycles. The van der Waals surface area contributed by atoms with E-state index >= 15 is 0 Å². The van der Waals surface area contributed by atoms with Crippen LogP contribution in [0.2, 0.25) is 0 Å². The van der Waals surface area contributed by atoms with E-state index in [0.29, 0.717) is 18.9 Å². The second-order valence-corrected chi connectivity index (χ2v) is 7.00. The van der Waals surface area contributed by atoms with Gasteiger partial charge >= 0.3 is 0 Å². The van der Waals surface area contributed by atoms with Gasteiger partial charge in [-0.2, -0.15) is 0 Å². The SMILES string of the molecule is CC(C)C1(C(=O)N2CC(O)CC2CN(C)C)CCNC1. The van der Waals surface area contributed by atoms with E-state index in [2.05, 4.69) is 24.1 Å². The van der Waals surface area contributed by atoms with Crippen LogP contribution in [0.25, 0.3) is 0 Å². The van der Waals surface area contributed by atoms with Gasteiger partial charge in [-0.1, -0.05) is 13.8 Å². The van der Waals surface area contributed by atoms with E-state index in [1.807, 2.05) is 19.0 Å². The number of likely N-dealkylation sites (tertiary alicyclic amines) is 1. The molecule has 5 nitrogen and oxygen atoms in total. The molecule has 2 aliphatic heterocycles. The number of nitrogens with one attached hydrogen (secondary N) is 1. The van der Waals surface area contributed by atoms with Crippen LogP contribution in [-0.2, 0) is 4.79 Å². The van der Waals surface area contributed by atoms with Crippen LogP contribution in [0.1, 0.15) is 26.7 Å². The molecule has 20 heavy (non-hydrogen) atoms. The monoisotopic (exact) mass is 283 g/mol. The quantitative estimate of drug-likeness (QED) is 0.771. The first-order chi connectivity index (χ1) is 9.36. The molecule has 1 amide bonds. The van der Waals surface area contributed by atoms with Crippen LogP contribution < -0.4 is 5.32 Å². The summed E-state index contributed by atoms with van der Waals surface area (Å²) >= 11 is 0. The molecule has 0 aromatic carbocycles. The van der Waals surface area contributed by atoms with Crippen LogP contribution in [0, 0.1) is 11.3 Å². The van der Waals surface area contributed by atoms with Crippen molar-refractivity contribution >= 4 is 5.91 Å². The molecule has 2 fully saturated rings. The zero-order valence-corrected chi connectivity index (χ0v) is 13.2. The first-order valence-electron chi connectivity index (χ1n) is 7.71. The van der Waals surface area contributed by atoms with Gasteiger partial charge in [0.05, 0.1) is 11.5 Å². The van der Waals surface area contributed by atoms with Crippen molar-refractivity contribution in [3.63, 3.8) is 0 Å². The van der Waals surface area contributed by atoms with E-state index in [4.69, 9.17) is 0 Å². The van der Waals surface area contributed by atoms with E-state index in [1.54, 1.807) is 0 Å². The highest BCUT2D eigenvalue weighted by Gasteiger charge is 2.49. The highest BCUT2D eigenvalue weighted by Crippen LogP contribution is 2.38. The summed E-state index contributed by atoms with van der Waals surface area (Å²) in [5.74, 6) is 0.559. The first-order valence-corrected chi connectivity index (χ1v) is 7.71. The smallest absolute Gasteiger partial charge is 0.230 e. The van der Waals surface area contributed by atoms with Crippen LogP contribution in [0.3, 0.4) is 0 Å². The second kappa shape index (κ2) is 6.00. The average molecular weight is 283 g/mol. The van der Waals surface area contributed by atoms with E-state index in [-0.39, 0.29) is 23.5 Å². The van der Waals surface area contributed by atoms with Crippen molar-refractivity contribution in [3.05, 3.63) is 0 Å². The number of rotatable bonds is 4. The molecule has 0 radical (unpaired) electrons. The lowest BCUT2D eigenvalue weighted by molar-refractivity contribution is -0.145. The van der Waals surface area contributed by atoms with Crippen molar-refractivity contribution in [1.82, 2.24) is 15.1 Å². The Kier molecular flexibility index (Phi) is 4.72. The Morgan fingerprint density at radius 2 is 2.20 bits per heavy atom. The van der Waals surface area contributed by atoms with Gasteiger partial charge in [0.1, 0.15) is 0 Å². The fourth-order valence-electron chi connectivity index (χ4n) is 3.65. The molecule has 0 spiro atoms. The Morgan fingerprint density at radius 3 is 2.70 bits per heavy atom. The first kappa shape index (κ1) is 15.7. The number of aliphatic hydroxyl groups excluding tert-OH is 1. The fourth-order valence-corrected chi connectivity index (χ4v) is 3.65. The van der Waals surface area contributed by atoms with Gasteiger partial charge in [0, 0.05) is 25.7 Å². The molecule has 2 saturated heterocycles. The molecule has 2 rings (SSSR count). The van der Waals surface area contributed by atoms with Crippen molar-refractivity contribution in [1.29, 1.82) is 0 Å². The minimum Gasteiger partial charge on any atom is -0.391 e. The van der Waals surface area contributed by atoms with Gasteiger partial charge in [-0.3, -0.25) is 4.79 Å². The largest absolute Gasteiger partial charge is 0.391 e. The predicted octanol–water partition coefficient (Wildman–Crippen LogP) is 0.146. The Hall–Kier alpha value is -0.650.